The van der Waals surface area contributed by atoms with Gasteiger partial charge < -0.3 is 15.5 Å². The molecule has 0 fully saturated rings. The van der Waals surface area contributed by atoms with Crippen LogP contribution in [0, 0.1) is 17.5 Å². The lowest BCUT2D eigenvalue weighted by atomic mass is 9.78. The summed E-state index contributed by atoms with van der Waals surface area (Å²) in [6.07, 6.45) is -3.30. The molecule has 1 aliphatic rings. The molecule has 1 atom stereocenters. The second-order valence-corrected chi connectivity index (χ2v) is 9.56. The first-order chi connectivity index (χ1) is 19.4. The third-order valence-corrected chi connectivity index (χ3v) is 6.96. The third-order valence-electron chi connectivity index (χ3n) is 6.96. The van der Waals surface area contributed by atoms with Crippen LogP contribution < -0.4 is 11.1 Å². The average Bonchev–Trinajstić information content (AvgIpc) is 3.47. The number of hydrogen-bond donors (Lipinski definition) is 2. The van der Waals surface area contributed by atoms with Crippen molar-refractivity contribution in [2.75, 3.05) is 11.1 Å². The maximum absolute atomic E-state index is 14.5. The van der Waals surface area contributed by atoms with Crippen LogP contribution in [0.25, 0.3) is 17.2 Å². The summed E-state index contributed by atoms with van der Waals surface area (Å²) in [5.41, 5.74) is 3.74. The molecular weight excluding hydrogens is 552 g/mol. The van der Waals surface area contributed by atoms with Crippen LogP contribution in [0.1, 0.15) is 35.0 Å². The summed E-state index contributed by atoms with van der Waals surface area (Å²) in [6, 6.07) is 8.69. The Hall–Kier alpha value is -5.01. The second-order valence-electron chi connectivity index (χ2n) is 9.56. The number of nitrogens with two attached hydrogens (primary N) is 1. The molecule has 1 amide bonds. The zero-order valence-corrected chi connectivity index (χ0v) is 20.9. The molecule has 4 heterocycles. The summed E-state index contributed by atoms with van der Waals surface area (Å²) >= 11 is 0. The Balaban J connectivity index is 1.51. The Morgan fingerprint density at radius 2 is 1.71 bits per heavy atom. The number of nitrogens with one attached hydrogen (secondary N) is 1. The van der Waals surface area contributed by atoms with Gasteiger partial charge in [-0.15, -0.1) is 0 Å². The Kier molecular flexibility index (Phi) is 5.76. The van der Waals surface area contributed by atoms with E-state index < -0.39 is 47.1 Å². The minimum Gasteiger partial charge on any atom is -0.383 e. The molecule has 1 aliphatic heterocycles. The maximum Gasteiger partial charge on any atom is 0.434 e. The molecule has 0 bridgehead atoms. The first kappa shape index (κ1) is 26.2. The van der Waals surface area contributed by atoms with Gasteiger partial charge in [0.25, 0.3) is 0 Å². The largest absolute Gasteiger partial charge is 0.434 e. The van der Waals surface area contributed by atoms with Gasteiger partial charge in [0.05, 0.1) is 11.3 Å². The van der Waals surface area contributed by atoms with E-state index in [4.69, 9.17) is 5.73 Å². The van der Waals surface area contributed by atoms with E-state index in [0.29, 0.717) is 5.56 Å². The second kappa shape index (κ2) is 9.01. The molecule has 8 nitrogen and oxygen atoms in total. The summed E-state index contributed by atoms with van der Waals surface area (Å²) in [6.45, 7) is 1.57. The van der Waals surface area contributed by atoms with Gasteiger partial charge in [-0.25, -0.2) is 33.1 Å². The number of nitrogens with zero attached hydrogens (tertiary/aromatic N) is 5. The van der Waals surface area contributed by atoms with E-state index in [1.807, 2.05) is 0 Å². The summed E-state index contributed by atoms with van der Waals surface area (Å²) in [5.74, 6) is -3.58. The maximum atomic E-state index is 14.5. The number of carbonyl (C=O) groups is 1. The highest BCUT2D eigenvalue weighted by Gasteiger charge is 2.47. The van der Waals surface area contributed by atoms with E-state index in [9.17, 15) is 31.1 Å². The van der Waals surface area contributed by atoms with Crippen LogP contribution in [0.3, 0.4) is 0 Å². The van der Waals surface area contributed by atoms with Crippen LogP contribution in [0.5, 0.6) is 0 Å². The van der Waals surface area contributed by atoms with Gasteiger partial charge in [0.15, 0.2) is 28.8 Å². The lowest BCUT2D eigenvalue weighted by Gasteiger charge is -2.23. The first-order valence-electron chi connectivity index (χ1n) is 12.0. The molecule has 0 radical (unpaired) electrons. The lowest BCUT2D eigenvalue weighted by molar-refractivity contribution is -0.140. The molecule has 0 saturated heterocycles. The number of imidazole rings is 1. The average molecular weight is 569 g/mol. The summed E-state index contributed by atoms with van der Waals surface area (Å²) in [5, 5.41) is 2.63. The fourth-order valence-corrected chi connectivity index (χ4v) is 4.87. The van der Waals surface area contributed by atoms with Gasteiger partial charge in [0, 0.05) is 18.8 Å². The van der Waals surface area contributed by atoms with Crippen molar-refractivity contribution < 1.29 is 31.1 Å². The number of nitrogen functional groups attached to an aromatic ring is 1. The monoisotopic (exact) mass is 569 g/mol. The van der Waals surface area contributed by atoms with Crippen LogP contribution >= 0.6 is 0 Å². The molecule has 6 rings (SSSR count). The fourth-order valence-electron chi connectivity index (χ4n) is 4.87. The van der Waals surface area contributed by atoms with Gasteiger partial charge in [-0.3, -0.25) is 4.79 Å². The topological polar surface area (TPSA) is 111 Å². The summed E-state index contributed by atoms with van der Waals surface area (Å²) in [4.78, 5) is 29.7. The van der Waals surface area contributed by atoms with Crippen molar-refractivity contribution in [3.05, 3.63) is 100 Å². The molecule has 3 N–H and O–H groups in total. The number of anilines is 2. The highest BCUT2D eigenvalue weighted by molar-refractivity contribution is 6.09. The quantitative estimate of drug-likeness (QED) is 0.293. The van der Waals surface area contributed by atoms with Gasteiger partial charge in [0.2, 0.25) is 5.91 Å². The number of aromatic nitrogens is 5. The zero-order chi connectivity index (χ0) is 29.3. The standard InChI is InChI=1S/C27H17F6N7O/c1-26(13-5-7-14(28)8-6-13)19-21(34)37-22(38-23(19)39-25(26)41)17-10-40-11-18(27(31,32)33)36-24(40)16(35-17)9-12-3-2-4-15(29)20(12)30/h2-8,10-11H,9H2,1H3,(H3,34,37,38,39,41). The Bertz CT molecular complexity index is 1870. The summed E-state index contributed by atoms with van der Waals surface area (Å²) < 4.78 is 83.4. The minimum absolute atomic E-state index is 0.0329. The highest BCUT2D eigenvalue weighted by atomic mass is 19.4. The number of carbonyl (C=O) groups excluding carboxylic acids is 1. The molecule has 1 unspecified atom stereocenters. The molecule has 0 saturated carbocycles. The molecular formula is C27H17F6N7O. The zero-order valence-electron chi connectivity index (χ0n) is 20.9. The smallest absolute Gasteiger partial charge is 0.383 e. The highest BCUT2D eigenvalue weighted by Crippen LogP contribution is 2.45. The van der Waals surface area contributed by atoms with Crippen molar-refractivity contribution in [1.29, 1.82) is 0 Å². The molecule has 208 valence electrons. The Morgan fingerprint density at radius 3 is 2.41 bits per heavy atom. The predicted octanol–water partition coefficient (Wildman–Crippen LogP) is 5.05. The molecule has 0 spiro atoms. The Morgan fingerprint density at radius 1 is 0.976 bits per heavy atom. The number of alkyl halides is 3. The van der Waals surface area contributed by atoms with Crippen LogP contribution in [-0.2, 0) is 22.8 Å². The number of halogens is 6. The van der Waals surface area contributed by atoms with E-state index in [2.05, 4.69) is 25.3 Å². The van der Waals surface area contributed by atoms with Crippen molar-refractivity contribution in [1.82, 2.24) is 24.3 Å². The van der Waals surface area contributed by atoms with Crippen molar-refractivity contribution in [2.45, 2.75) is 24.9 Å². The van der Waals surface area contributed by atoms with E-state index in [1.165, 1.54) is 42.6 Å². The van der Waals surface area contributed by atoms with Crippen LogP contribution in [0.2, 0.25) is 0 Å². The van der Waals surface area contributed by atoms with E-state index >= 15 is 0 Å². The molecule has 0 aliphatic carbocycles. The summed E-state index contributed by atoms with van der Waals surface area (Å²) in [7, 11) is 0. The van der Waals surface area contributed by atoms with Crippen LogP contribution in [-0.4, -0.2) is 30.2 Å². The van der Waals surface area contributed by atoms with E-state index in [1.54, 1.807) is 6.92 Å². The SMILES string of the molecule is CC1(c2ccc(F)cc2)C(=O)Nc2nc(-c3cn4cc(C(F)(F)F)nc4c(Cc4cccc(F)c4F)n3)nc(N)c21. The van der Waals surface area contributed by atoms with E-state index in [-0.39, 0.29) is 45.6 Å². The normalized spacial score (nSPS) is 16.7. The van der Waals surface area contributed by atoms with Crippen molar-refractivity contribution in [3.63, 3.8) is 0 Å². The molecule has 2 aromatic carbocycles. The van der Waals surface area contributed by atoms with Crippen LogP contribution in [0.15, 0.2) is 54.9 Å². The number of amides is 1. The van der Waals surface area contributed by atoms with Gasteiger partial charge in [-0.05, 0) is 36.2 Å². The number of hydrogen-bond acceptors (Lipinski definition) is 6. The van der Waals surface area contributed by atoms with Crippen molar-refractivity contribution in [2.24, 2.45) is 0 Å². The number of rotatable bonds is 4. The Labute approximate surface area is 226 Å². The van der Waals surface area contributed by atoms with Gasteiger partial charge in [-0.2, -0.15) is 13.2 Å². The number of benzene rings is 2. The van der Waals surface area contributed by atoms with Crippen LogP contribution in [0.4, 0.5) is 38.0 Å². The van der Waals surface area contributed by atoms with Crippen molar-refractivity contribution >= 4 is 23.2 Å². The fraction of sp³-hybridized carbons (Fsp3) is 0.148. The predicted molar refractivity (Wildman–Crippen MR) is 134 cm³/mol. The van der Waals surface area contributed by atoms with Crippen molar-refractivity contribution in [3.8, 4) is 11.5 Å². The molecule has 14 heteroatoms. The van der Waals surface area contributed by atoms with Gasteiger partial charge >= 0.3 is 6.18 Å². The lowest BCUT2D eigenvalue weighted by Crippen LogP contribution is -2.33. The number of fused-ring (bicyclic) bond motifs is 2. The van der Waals surface area contributed by atoms with Gasteiger partial charge in [0.1, 0.15) is 28.6 Å². The van der Waals surface area contributed by atoms with E-state index in [0.717, 1.165) is 16.7 Å². The molecule has 5 aromatic rings. The molecule has 3 aromatic heterocycles. The van der Waals surface area contributed by atoms with Gasteiger partial charge in [-0.1, -0.05) is 24.3 Å². The minimum atomic E-state index is -4.79. The first-order valence-corrected chi connectivity index (χ1v) is 12.0. The molecule has 41 heavy (non-hydrogen) atoms. The third kappa shape index (κ3) is 4.22.